The van der Waals surface area contributed by atoms with Crippen LogP contribution in [0.2, 0.25) is 0 Å². The summed E-state index contributed by atoms with van der Waals surface area (Å²) in [5.74, 6) is 0.115. The van der Waals surface area contributed by atoms with Gasteiger partial charge in [-0.05, 0) is 42.0 Å². The number of rotatable bonds is 4. The molecule has 0 bridgehead atoms. The van der Waals surface area contributed by atoms with Gasteiger partial charge >= 0.3 is 0 Å². The third kappa shape index (κ3) is 2.93. The number of benzene rings is 2. The van der Waals surface area contributed by atoms with Crippen molar-refractivity contribution in [3.8, 4) is 11.1 Å². The highest BCUT2D eigenvalue weighted by atomic mass is 16.1. The standard InChI is InChI=1S/C18H20O/c1-4-14-6-7-15(5-2)18(12-14)17-10-8-16(9-11-17)13(3)19/h6-12H,4-5H2,1-3H3. The molecular weight excluding hydrogens is 232 g/mol. The molecule has 2 rings (SSSR count). The zero-order valence-corrected chi connectivity index (χ0v) is 11.9. The summed E-state index contributed by atoms with van der Waals surface area (Å²) in [5.41, 5.74) is 5.96. The molecule has 1 nitrogen and oxygen atoms in total. The Morgan fingerprint density at radius 3 is 2.16 bits per heavy atom. The van der Waals surface area contributed by atoms with Gasteiger partial charge in [0.1, 0.15) is 0 Å². The average molecular weight is 252 g/mol. The number of aryl methyl sites for hydroxylation is 2. The van der Waals surface area contributed by atoms with Gasteiger partial charge in [-0.25, -0.2) is 0 Å². The van der Waals surface area contributed by atoms with Crippen molar-refractivity contribution in [3.05, 3.63) is 59.2 Å². The molecule has 0 N–H and O–H groups in total. The first-order valence-corrected chi connectivity index (χ1v) is 6.88. The van der Waals surface area contributed by atoms with Crippen molar-refractivity contribution in [3.63, 3.8) is 0 Å². The second kappa shape index (κ2) is 5.83. The summed E-state index contributed by atoms with van der Waals surface area (Å²) < 4.78 is 0. The Morgan fingerprint density at radius 1 is 0.947 bits per heavy atom. The topological polar surface area (TPSA) is 17.1 Å². The number of hydrogen-bond acceptors (Lipinski definition) is 1. The van der Waals surface area contributed by atoms with E-state index in [1.807, 2.05) is 24.3 Å². The van der Waals surface area contributed by atoms with Crippen LogP contribution in [0.3, 0.4) is 0 Å². The predicted molar refractivity (Wildman–Crippen MR) is 80.6 cm³/mol. The normalized spacial score (nSPS) is 10.5. The minimum absolute atomic E-state index is 0.115. The zero-order chi connectivity index (χ0) is 13.8. The lowest BCUT2D eigenvalue weighted by Gasteiger charge is -2.10. The van der Waals surface area contributed by atoms with Gasteiger partial charge in [0.2, 0.25) is 0 Å². The van der Waals surface area contributed by atoms with E-state index in [4.69, 9.17) is 0 Å². The van der Waals surface area contributed by atoms with Crippen LogP contribution in [0.5, 0.6) is 0 Å². The Hall–Kier alpha value is -1.89. The number of Topliss-reactive ketones (excluding diaryl/α,β-unsaturated/α-hetero) is 1. The Balaban J connectivity index is 2.47. The van der Waals surface area contributed by atoms with Gasteiger partial charge in [-0.3, -0.25) is 4.79 Å². The molecule has 0 spiro atoms. The Kier molecular flexibility index (Phi) is 4.16. The average Bonchev–Trinajstić information content (AvgIpc) is 2.46. The lowest BCUT2D eigenvalue weighted by molar-refractivity contribution is 0.101. The van der Waals surface area contributed by atoms with Crippen LogP contribution in [0.15, 0.2) is 42.5 Å². The fraction of sp³-hybridized carbons (Fsp3) is 0.278. The van der Waals surface area contributed by atoms with Crippen LogP contribution in [-0.2, 0) is 12.8 Å². The minimum atomic E-state index is 0.115. The minimum Gasteiger partial charge on any atom is -0.295 e. The summed E-state index contributed by atoms with van der Waals surface area (Å²) in [5, 5.41) is 0. The summed E-state index contributed by atoms with van der Waals surface area (Å²) in [4.78, 5) is 11.3. The Morgan fingerprint density at radius 2 is 1.63 bits per heavy atom. The quantitative estimate of drug-likeness (QED) is 0.722. The maximum Gasteiger partial charge on any atom is 0.159 e. The van der Waals surface area contributed by atoms with Crippen molar-refractivity contribution in [2.45, 2.75) is 33.6 Å². The zero-order valence-electron chi connectivity index (χ0n) is 11.9. The van der Waals surface area contributed by atoms with E-state index in [0.717, 1.165) is 18.4 Å². The number of carbonyl (C=O) groups excluding carboxylic acids is 1. The molecule has 0 fully saturated rings. The maximum atomic E-state index is 11.3. The molecule has 2 aromatic carbocycles. The van der Waals surface area contributed by atoms with E-state index >= 15 is 0 Å². The molecular formula is C18H20O. The van der Waals surface area contributed by atoms with Gasteiger partial charge in [0.05, 0.1) is 0 Å². The van der Waals surface area contributed by atoms with Crippen molar-refractivity contribution < 1.29 is 4.79 Å². The van der Waals surface area contributed by atoms with Crippen molar-refractivity contribution in [1.82, 2.24) is 0 Å². The molecule has 98 valence electrons. The van der Waals surface area contributed by atoms with Crippen LogP contribution in [0, 0.1) is 0 Å². The van der Waals surface area contributed by atoms with E-state index in [0.29, 0.717) is 0 Å². The summed E-state index contributed by atoms with van der Waals surface area (Å²) >= 11 is 0. The molecule has 0 heterocycles. The molecule has 0 atom stereocenters. The van der Waals surface area contributed by atoms with E-state index in [2.05, 4.69) is 32.0 Å². The monoisotopic (exact) mass is 252 g/mol. The van der Waals surface area contributed by atoms with Gasteiger partial charge < -0.3 is 0 Å². The van der Waals surface area contributed by atoms with Crippen LogP contribution in [0.25, 0.3) is 11.1 Å². The molecule has 0 aliphatic heterocycles. The summed E-state index contributed by atoms with van der Waals surface area (Å²) in [6, 6.07) is 14.6. The highest BCUT2D eigenvalue weighted by Crippen LogP contribution is 2.26. The highest BCUT2D eigenvalue weighted by molar-refractivity contribution is 5.94. The molecule has 0 amide bonds. The lowest BCUT2D eigenvalue weighted by Crippen LogP contribution is -1.93. The van der Waals surface area contributed by atoms with Gasteiger partial charge in [0.25, 0.3) is 0 Å². The Labute approximate surface area is 115 Å². The first kappa shape index (κ1) is 13.5. The fourth-order valence-electron chi connectivity index (χ4n) is 2.31. The van der Waals surface area contributed by atoms with Gasteiger partial charge in [0.15, 0.2) is 5.78 Å². The van der Waals surface area contributed by atoms with E-state index < -0.39 is 0 Å². The molecule has 0 saturated carbocycles. The summed E-state index contributed by atoms with van der Waals surface area (Å²) in [6.45, 7) is 5.95. The van der Waals surface area contributed by atoms with E-state index in [9.17, 15) is 4.79 Å². The van der Waals surface area contributed by atoms with Gasteiger partial charge in [-0.1, -0.05) is 56.3 Å². The van der Waals surface area contributed by atoms with Crippen LogP contribution < -0.4 is 0 Å². The van der Waals surface area contributed by atoms with Gasteiger partial charge in [0, 0.05) is 5.56 Å². The second-order valence-corrected chi connectivity index (χ2v) is 4.83. The first-order valence-electron chi connectivity index (χ1n) is 6.88. The third-order valence-electron chi connectivity index (χ3n) is 3.57. The molecule has 0 aromatic heterocycles. The molecule has 0 aliphatic carbocycles. The molecule has 0 radical (unpaired) electrons. The lowest BCUT2D eigenvalue weighted by atomic mass is 9.94. The number of carbonyl (C=O) groups is 1. The van der Waals surface area contributed by atoms with Gasteiger partial charge in [-0.2, -0.15) is 0 Å². The Bertz CT molecular complexity index is 579. The van der Waals surface area contributed by atoms with Crippen LogP contribution >= 0.6 is 0 Å². The van der Waals surface area contributed by atoms with Crippen LogP contribution in [-0.4, -0.2) is 5.78 Å². The third-order valence-corrected chi connectivity index (χ3v) is 3.57. The first-order chi connectivity index (χ1) is 9.15. The summed E-state index contributed by atoms with van der Waals surface area (Å²) in [6.07, 6.45) is 2.07. The number of hydrogen-bond donors (Lipinski definition) is 0. The van der Waals surface area contributed by atoms with E-state index in [1.165, 1.54) is 22.3 Å². The SMILES string of the molecule is CCc1ccc(CC)c(-c2ccc(C(C)=O)cc2)c1. The highest BCUT2D eigenvalue weighted by Gasteiger charge is 2.06. The molecule has 1 heteroatoms. The van der Waals surface area contributed by atoms with Crippen molar-refractivity contribution >= 4 is 5.78 Å². The summed E-state index contributed by atoms with van der Waals surface area (Å²) in [7, 11) is 0. The van der Waals surface area contributed by atoms with Crippen molar-refractivity contribution in [2.24, 2.45) is 0 Å². The van der Waals surface area contributed by atoms with E-state index in [-0.39, 0.29) is 5.78 Å². The largest absolute Gasteiger partial charge is 0.295 e. The van der Waals surface area contributed by atoms with Gasteiger partial charge in [-0.15, -0.1) is 0 Å². The predicted octanol–water partition coefficient (Wildman–Crippen LogP) is 4.68. The van der Waals surface area contributed by atoms with Crippen molar-refractivity contribution in [1.29, 1.82) is 0 Å². The fourth-order valence-corrected chi connectivity index (χ4v) is 2.31. The van der Waals surface area contributed by atoms with Crippen LogP contribution in [0.4, 0.5) is 0 Å². The molecule has 19 heavy (non-hydrogen) atoms. The molecule has 0 aliphatic rings. The van der Waals surface area contributed by atoms with Crippen LogP contribution in [0.1, 0.15) is 42.3 Å². The van der Waals surface area contributed by atoms with E-state index in [1.54, 1.807) is 6.92 Å². The number of ketones is 1. The maximum absolute atomic E-state index is 11.3. The second-order valence-electron chi connectivity index (χ2n) is 4.83. The molecule has 0 unspecified atom stereocenters. The molecule has 2 aromatic rings. The van der Waals surface area contributed by atoms with Crippen molar-refractivity contribution in [2.75, 3.05) is 0 Å². The smallest absolute Gasteiger partial charge is 0.159 e. The molecule has 0 saturated heterocycles.